The first-order valence-electron chi connectivity index (χ1n) is 6.37. The third-order valence-corrected chi connectivity index (χ3v) is 3.38. The van der Waals surface area contributed by atoms with Crippen molar-refractivity contribution < 1.29 is 0 Å². The van der Waals surface area contributed by atoms with Gasteiger partial charge in [0.25, 0.3) is 0 Å². The zero-order chi connectivity index (χ0) is 14.2. The van der Waals surface area contributed by atoms with E-state index in [0.717, 1.165) is 28.1 Å². The molecule has 0 bridgehead atoms. The molecule has 2 aromatic rings. The summed E-state index contributed by atoms with van der Waals surface area (Å²) in [5.41, 5.74) is 4.92. The van der Waals surface area contributed by atoms with Gasteiger partial charge in [-0.15, -0.1) is 0 Å². The van der Waals surface area contributed by atoms with Crippen LogP contribution in [0.25, 0.3) is 11.5 Å². The van der Waals surface area contributed by atoms with Crippen LogP contribution >= 0.6 is 11.6 Å². The number of halogens is 1. The summed E-state index contributed by atoms with van der Waals surface area (Å²) >= 11 is 6.28. The van der Waals surface area contributed by atoms with E-state index in [1.807, 2.05) is 27.0 Å². The Hall–Kier alpha value is -1.48. The molecule has 0 aliphatic rings. The molecule has 0 saturated heterocycles. The van der Waals surface area contributed by atoms with Crippen molar-refractivity contribution in [1.82, 2.24) is 15.0 Å². The smallest absolute Gasteiger partial charge is 0.180 e. The fraction of sp³-hybridized carbons (Fsp3) is 0.400. The maximum absolute atomic E-state index is 6.28. The lowest BCUT2D eigenvalue weighted by atomic mass is 10.0. The molecule has 0 N–H and O–H groups in total. The topological polar surface area (TPSA) is 38.7 Å². The molecule has 0 atom stereocenters. The van der Waals surface area contributed by atoms with Gasteiger partial charge in [0.1, 0.15) is 10.8 Å². The molecule has 3 nitrogen and oxygen atoms in total. The lowest BCUT2D eigenvalue weighted by Gasteiger charge is -2.13. The van der Waals surface area contributed by atoms with Gasteiger partial charge < -0.3 is 0 Å². The fourth-order valence-electron chi connectivity index (χ4n) is 2.26. The minimum absolute atomic E-state index is 0.314. The van der Waals surface area contributed by atoms with Crippen LogP contribution in [0.4, 0.5) is 0 Å². The first kappa shape index (κ1) is 13.9. The quantitative estimate of drug-likeness (QED) is 0.770. The second-order valence-corrected chi connectivity index (χ2v) is 5.53. The average Bonchev–Trinajstić information content (AvgIpc) is 2.26. The number of pyridine rings is 1. The van der Waals surface area contributed by atoms with Crippen LogP contribution in [0, 0.1) is 20.8 Å². The molecule has 0 saturated carbocycles. The first-order chi connectivity index (χ1) is 8.90. The molecule has 100 valence electrons. The Morgan fingerprint density at radius 1 is 1.11 bits per heavy atom. The Balaban J connectivity index is 2.58. The third kappa shape index (κ3) is 2.76. The zero-order valence-corrected chi connectivity index (χ0v) is 12.7. The summed E-state index contributed by atoms with van der Waals surface area (Å²) in [7, 11) is 0. The highest BCUT2D eigenvalue weighted by molar-refractivity contribution is 6.30. The Labute approximate surface area is 119 Å². The van der Waals surface area contributed by atoms with Crippen LogP contribution < -0.4 is 0 Å². The van der Waals surface area contributed by atoms with E-state index in [2.05, 4.69) is 34.9 Å². The number of rotatable bonds is 2. The van der Waals surface area contributed by atoms with Crippen molar-refractivity contribution in [2.45, 2.75) is 40.5 Å². The Bertz CT molecular complexity index is 598. The molecule has 4 heteroatoms. The van der Waals surface area contributed by atoms with Crippen molar-refractivity contribution in [3.63, 3.8) is 0 Å². The Morgan fingerprint density at radius 2 is 1.79 bits per heavy atom. The Morgan fingerprint density at radius 3 is 2.32 bits per heavy atom. The van der Waals surface area contributed by atoms with Gasteiger partial charge in [-0.05, 0) is 37.8 Å². The highest BCUT2D eigenvalue weighted by atomic mass is 35.5. The minimum Gasteiger partial charge on any atom is -0.252 e. The number of hydrogen-bond acceptors (Lipinski definition) is 3. The summed E-state index contributed by atoms with van der Waals surface area (Å²) < 4.78 is 0. The maximum Gasteiger partial charge on any atom is 0.180 e. The molecule has 0 aromatic carbocycles. The van der Waals surface area contributed by atoms with Crippen molar-refractivity contribution in [2.75, 3.05) is 0 Å². The van der Waals surface area contributed by atoms with Crippen LogP contribution in [-0.4, -0.2) is 15.0 Å². The molecule has 2 heterocycles. The van der Waals surface area contributed by atoms with E-state index in [4.69, 9.17) is 11.6 Å². The minimum atomic E-state index is 0.314. The van der Waals surface area contributed by atoms with Gasteiger partial charge in [0.05, 0.1) is 0 Å². The van der Waals surface area contributed by atoms with Crippen molar-refractivity contribution in [1.29, 1.82) is 0 Å². The molecule has 0 fully saturated rings. The predicted molar refractivity (Wildman–Crippen MR) is 78.6 cm³/mol. The fourth-order valence-corrected chi connectivity index (χ4v) is 2.69. The molecule has 0 radical (unpaired) electrons. The van der Waals surface area contributed by atoms with Gasteiger partial charge in [-0.25, -0.2) is 9.97 Å². The largest absolute Gasteiger partial charge is 0.252 e. The zero-order valence-electron chi connectivity index (χ0n) is 12.0. The first-order valence-corrected chi connectivity index (χ1v) is 6.75. The molecule has 0 aliphatic heterocycles. The molecule has 2 rings (SSSR count). The summed E-state index contributed by atoms with van der Waals surface area (Å²) in [5.74, 6) is 0.915. The van der Waals surface area contributed by atoms with E-state index < -0.39 is 0 Å². The van der Waals surface area contributed by atoms with Crippen LogP contribution in [-0.2, 0) is 0 Å². The number of aromatic nitrogens is 3. The summed E-state index contributed by atoms with van der Waals surface area (Å²) in [5, 5.41) is 0.527. The molecule has 0 spiro atoms. The lowest BCUT2D eigenvalue weighted by molar-refractivity contribution is 0.830. The summed E-state index contributed by atoms with van der Waals surface area (Å²) in [6, 6.07) is 2.07. The Kier molecular flexibility index (Phi) is 3.85. The highest BCUT2D eigenvalue weighted by Crippen LogP contribution is 2.28. The second-order valence-electron chi connectivity index (χ2n) is 5.17. The van der Waals surface area contributed by atoms with Gasteiger partial charge in [0.2, 0.25) is 0 Å². The molecular weight excluding hydrogens is 258 g/mol. The van der Waals surface area contributed by atoms with Crippen molar-refractivity contribution >= 4 is 11.6 Å². The van der Waals surface area contributed by atoms with Crippen molar-refractivity contribution in [3.05, 3.63) is 39.8 Å². The van der Waals surface area contributed by atoms with Gasteiger partial charge in [-0.3, -0.25) is 4.98 Å². The molecular formula is C15H18ClN3. The predicted octanol–water partition coefficient (Wildman–Crippen LogP) is 4.24. The van der Waals surface area contributed by atoms with Crippen LogP contribution in [0.15, 0.2) is 12.3 Å². The second kappa shape index (κ2) is 5.25. The summed E-state index contributed by atoms with van der Waals surface area (Å²) in [4.78, 5) is 13.4. The monoisotopic (exact) mass is 275 g/mol. The molecule has 2 aromatic heterocycles. The van der Waals surface area contributed by atoms with Gasteiger partial charge in [0, 0.05) is 17.5 Å². The molecule has 0 amide bonds. The highest BCUT2D eigenvalue weighted by Gasteiger charge is 2.15. The van der Waals surface area contributed by atoms with Gasteiger partial charge in [-0.1, -0.05) is 31.5 Å². The molecule has 0 unspecified atom stereocenters. The average molecular weight is 276 g/mol. The van der Waals surface area contributed by atoms with E-state index in [-0.39, 0.29) is 0 Å². The standard InChI is InChI=1S/C15H18ClN3/c1-8(2)12-11(5)18-15(19-14(12)16)13-10(4)6-9(3)7-17-13/h6-8H,1-5H3. The number of hydrogen-bond donors (Lipinski definition) is 0. The van der Waals surface area contributed by atoms with Crippen LogP contribution in [0.1, 0.15) is 42.1 Å². The van der Waals surface area contributed by atoms with E-state index in [1.54, 1.807) is 0 Å². The van der Waals surface area contributed by atoms with Crippen LogP contribution in [0.5, 0.6) is 0 Å². The van der Waals surface area contributed by atoms with Crippen molar-refractivity contribution in [3.8, 4) is 11.5 Å². The summed E-state index contributed by atoms with van der Waals surface area (Å²) in [6.45, 7) is 10.2. The normalized spacial score (nSPS) is 11.1. The molecule has 0 aliphatic carbocycles. The van der Waals surface area contributed by atoms with E-state index in [1.165, 1.54) is 0 Å². The van der Waals surface area contributed by atoms with E-state index >= 15 is 0 Å². The van der Waals surface area contributed by atoms with Gasteiger partial charge in [-0.2, -0.15) is 0 Å². The maximum atomic E-state index is 6.28. The number of nitrogens with zero attached hydrogens (tertiary/aromatic N) is 3. The molecule has 19 heavy (non-hydrogen) atoms. The number of aryl methyl sites for hydroxylation is 3. The van der Waals surface area contributed by atoms with Gasteiger partial charge in [0.15, 0.2) is 5.82 Å². The van der Waals surface area contributed by atoms with Crippen LogP contribution in [0.3, 0.4) is 0 Å². The SMILES string of the molecule is Cc1cnc(-c2nc(C)c(C(C)C)c(Cl)n2)c(C)c1. The summed E-state index contributed by atoms with van der Waals surface area (Å²) in [6.07, 6.45) is 1.82. The van der Waals surface area contributed by atoms with E-state index in [9.17, 15) is 0 Å². The van der Waals surface area contributed by atoms with E-state index in [0.29, 0.717) is 16.9 Å². The van der Waals surface area contributed by atoms with Gasteiger partial charge >= 0.3 is 0 Å². The lowest BCUT2D eigenvalue weighted by Crippen LogP contribution is -2.03. The van der Waals surface area contributed by atoms with Crippen LogP contribution in [0.2, 0.25) is 5.15 Å². The van der Waals surface area contributed by atoms with Crippen molar-refractivity contribution in [2.24, 2.45) is 0 Å². The third-order valence-electron chi connectivity index (χ3n) is 3.09.